The van der Waals surface area contributed by atoms with Gasteiger partial charge in [0.2, 0.25) is 15.9 Å². The molecule has 1 N–H and O–H groups in total. The van der Waals surface area contributed by atoms with Gasteiger partial charge in [0.1, 0.15) is 5.75 Å². The number of amides is 1. The van der Waals surface area contributed by atoms with E-state index in [4.69, 9.17) is 4.74 Å². The molecule has 6 nitrogen and oxygen atoms in total. The summed E-state index contributed by atoms with van der Waals surface area (Å²) in [4.78, 5) is 12.2. The van der Waals surface area contributed by atoms with E-state index in [2.05, 4.69) is 5.32 Å². The maximum absolute atomic E-state index is 12.2. The van der Waals surface area contributed by atoms with Gasteiger partial charge in [0, 0.05) is 25.2 Å². The molecule has 0 fully saturated rings. The molecule has 2 aromatic carbocycles. The molecule has 0 bridgehead atoms. The number of anilines is 1. The second-order valence-corrected chi connectivity index (χ2v) is 8.52. The van der Waals surface area contributed by atoms with Crippen LogP contribution in [0.4, 0.5) is 5.69 Å². The topological polar surface area (TPSA) is 75.7 Å². The molecule has 0 spiro atoms. The lowest BCUT2D eigenvalue weighted by atomic mass is 10.1. The van der Waals surface area contributed by atoms with Crippen molar-refractivity contribution in [2.75, 3.05) is 25.2 Å². The van der Waals surface area contributed by atoms with Crippen LogP contribution in [-0.2, 0) is 21.4 Å². The van der Waals surface area contributed by atoms with E-state index in [1.165, 1.54) is 4.31 Å². The summed E-state index contributed by atoms with van der Waals surface area (Å²) in [5.41, 5.74) is 3.78. The van der Waals surface area contributed by atoms with Crippen LogP contribution >= 0.6 is 0 Å². The van der Waals surface area contributed by atoms with Gasteiger partial charge in [-0.15, -0.1) is 0 Å². The van der Waals surface area contributed by atoms with Gasteiger partial charge >= 0.3 is 0 Å². The number of carbonyl (C=O) groups is 1. The number of hydrogen-bond acceptors (Lipinski definition) is 4. The summed E-state index contributed by atoms with van der Waals surface area (Å²) < 4.78 is 30.6. The van der Waals surface area contributed by atoms with Crippen molar-refractivity contribution >= 4 is 21.6 Å². The Morgan fingerprint density at radius 2 is 1.74 bits per heavy atom. The zero-order chi connectivity index (χ0) is 20.0. The summed E-state index contributed by atoms with van der Waals surface area (Å²) >= 11 is 0. The van der Waals surface area contributed by atoms with E-state index in [1.807, 2.05) is 44.2 Å². The van der Waals surface area contributed by atoms with Gasteiger partial charge in [-0.3, -0.25) is 4.79 Å². The molecule has 1 amide bonds. The van der Waals surface area contributed by atoms with Crippen LogP contribution < -0.4 is 10.1 Å². The van der Waals surface area contributed by atoms with E-state index in [1.54, 1.807) is 19.2 Å². The molecule has 0 saturated carbocycles. The third-order valence-corrected chi connectivity index (χ3v) is 5.62. The molecule has 0 atom stereocenters. The number of ether oxygens (including phenoxy) is 1. The highest BCUT2D eigenvalue weighted by Crippen LogP contribution is 2.16. The largest absolute Gasteiger partial charge is 0.497 e. The molecule has 0 aliphatic carbocycles. The van der Waals surface area contributed by atoms with E-state index in [0.29, 0.717) is 11.4 Å². The van der Waals surface area contributed by atoms with E-state index < -0.39 is 10.0 Å². The average molecular weight is 391 g/mol. The number of carbonyl (C=O) groups excluding carboxylic acids is 1. The smallest absolute Gasteiger partial charge is 0.225 e. The fraction of sp³-hybridized carbons (Fsp3) is 0.350. The van der Waals surface area contributed by atoms with Gasteiger partial charge in [0.25, 0.3) is 0 Å². The highest BCUT2D eigenvalue weighted by atomic mass is 32.2. The normalized spacial score (nSPS) is 11.4. The van der Waals surface area contributed by atoms with Gasteiger partial charge in [-0.1, -0.05) is 18.2 Å². The van der Waals surface area contributed by atoms with Crippen molar-refractivity contribution in [1.82, 2.24) is 4.31 Å². The molecule has 0 unspecified atom stereocenters. The van der Waals surface area contributed by atoms with Gasteiger partial charge in [0.15, 0.2) is 0 Å². The number of sulfonamides is 1. The minimum Gasteiger partial charge on any atom is -0.497 e. The van der Waals surface area contributed by atoms with Crippen molar-refractivity contribution in [2.45, 2.75) is 26.8 Å². The first-order valence-electron chi connectivity index (χ1n) is 8.64. The van der Waals surface area contributed by atoms with Crippen LogP contribution in [0, 0.1) is 13.8 Å². The summed E-state index contributed by atoms with van der Waals surface area (Å²) in [6, 6.07) is 12.9. The number of benzene rings is 2. The van der Waals surface area contributed by atoms with Crippen molar-refractivity contribution in [3.8, 4) is 5.75 Å². The fourth-order valence-corrected chi connectivity index (χ4v) is 3.37. The van der Waals surface area contributed by atoms with Gasteiger partial charge < -0.3 is 10.1 Å². The first-order valence-corrected chi connectivity index (χ1v) is 10.5. The molecular formula is C20H26N2O4S. The summed E-state index contributed by atoms with van der Waals surface area (Å²) in [6.07, 6.45) is 1.23. The molecule has 146 valence electrons. The molecular weight excluding hydrogens is 364 g/mol. The van der Waals surface area contributed by atoms with Crippen LogP contribution in [0.25, 0.3) is 0 Å². The fourth-order valence-electron chi connectivity index (χ4n) is 2.57. The molecule has 0 saturated heterocycles. The standard InChI is InChI=1S/C20H26N2O4S/c1-15-5-8-18(13-16(15)2)21-20(23)11-12-22(27(4,24)25)14-17-6-9-19(26-3)10-7-17/h5-10,13H,11-12,14H2,1-4H3,(H,21,23). The Balaban J connectivity index is 1.99. The third kappa shape index (κ3) is 6.37. The Kier molecular flexibility index (Phi) is 6.98. The molecule has 2 rings (SSSR count). The van der Waals surface area contributed by atoms with Crippen molar-refractivity contribution < 1.29 is 17.9 Å². The lowest BCUT2D eigenvalue weighted by Crippen LogP contribution is -2.32. The Hall–Kier alpha value is -2.38. The Morgan fingerprint density at radius 3 is 2.30 bits per heavy atom. The quantitative estimate of drug-likeness (QED) is 0.751. The van der Waals surface area contributed by atoms with Crippen molar-refractivity contribution in [1.29, 1.82) is 0 Å². The monoisotopic (exact) mass is 390 g/mol. The van der Waals surface area contributed by atoms with Crippen molar-refractivity contribution in [3.63, 3.8) is 0 Å². The summed E-state index contributed by atoms with van der Waals surface area (Å²) in [5.74, 6) is 0.485. The maximum Gasteiger partial charge on any atom is 0.225 e. The van der Waals surface area contributed by atoms with E-state index >= 15 is 0 Å². The number of rotatable bonds is 8. The molecule has 2 aromatic rings. The molecule has 0 aliphatic rings. The number of nitrogens with zero attached hydrogens (tertiary/aromatic N) is 1. The SMILES string of the molecule is COc1ccc(CN(CCC(=O)Nc2ccc(C)c(C)c2)S(C)(=O)=O)cc1. The first kappa shape index (κ1) is 20.9. The molecule has 27 heavy (non-hydrogen) atoms. The Labute approximate surface area is 161 Å². The highest BCUT2D eigenvalue weighted by molar-refractivity contribution is 7.88. The van der Waals surface area contributed by atoms with Gasteiger partial charge in [-0.05, 0) is 54.8 Å². The minimum absolute atomic E-state index is 0.0795. The van der Waals surface area contributed by atoms with Crippen molar-refractivity contribution in [2.24, 2.45) is 0 Å². The zero-order valence-corrected chi connectivity index (χ0v) is 17.0. The second kappa shape index (κ2) is 9.01. The lowest BCUT2D eigenvalue weighted by molar-refractivity contribution is -0.116. The Morgan fingerprint density at radius 1 is 1.07 bits per heavy atom. The van der Waals surface area contributed by atoms with Crippen LogP contribution in [0.1, 0.15) is 23.1 Å². The Bertz CT molecular complexity index is 893. The van der Waals surface area contributed by atoms with Gasteiger partial charge in [-0.25, -0.2) is 8.42 Å². The van der Waals surface area contributed by atoms with Crippen LogP contribution in [-0.4, -0.2) is 38.5 Å². The summed E-state index contributed by atoms with van der Waals surface area (Å²) in [7, 11) is -1.86. The zero-order valence-electron chi connectivity index (χ0n) is 16.2. The third-order valence-electron chi connectivity index (χ3n) is 4.37. The average Bonchev–Trinajstić information content (AvgIpc) is 2.61. The van der Waals surface area contributed by atoms with Crippen LogP contribution in [0.15, 0.2) is 42.5 Å². The molecule has 0 heterocycles. The number of nitrogens with one attached hydrogen (secondary N) is 1. The summed E-state index contributed by atoms with van der Waals surface area (Å²) in [5, 5.41) is 2.82. The maximum atomic E-state index is 12.2. The second-order valence-electron chi connectivity index (χ2n) is 6.54. The highest BCUT2D eigenvalue weighted by Gasteiger charge is 2.18. The van der Waals surface area contributed by atoms with Gasteiger partial charge in [-0.2, -0.15) is 4.31 Å². The van der Waals surface area contributed by atoms with Crippen LogP contribution in [0.5, 0.6) is 5.75 Å². The number of hydrogen-bond donors (Lipinski definition) is 1. The summed E-state index contributed by atoms with van der Waals surface area (Å²) in [6.45, 7) is 4.30. The predicted octanol–water partition coefficient (Wildman–Crippen LogP) is 3.10. The molecule has 7 heteroatoms. The van der Waals surface area contributed by atoms with E-state index in [0.717, 1.165) is 22.9 Å². The van der Waals surface area contributed by atoms with Crippen LogP contribution in [0.2, 0.25) is 0 Å². The number of aryl methyl sites for hydroxylation is 2. The molecule has 0 radical (unpaired) electrons. The van der Waals surface area contributed by atoms with E-state index in [9.17, 15) is 13.2 Å². The van der Waals surface area contributed by atoms with Gasteiger partial charge in [0.05, 0.1) is 13.4 Å². The lowest BCUT2D eigenvalue weighted by Gasteiger charge is -2.20. The molecule has 0 aliphatic heterocycles. The predicted molar refractivity (Wildman–Crippen MR) is 107 cm³/mol. The molecule has 0 aromatic heterocycles. The first-order chi connectivity index (χ1) is 12.7. The number of methoxy groups -OCH3 is 1. The van der Waals surface area contributed by atoms with Crippen LogP contribution in [0.3, 0.4) is 0 Å². The minimum atomic E-state index is -3.44. The van der Waals surface area contributed by atoms with E-state index in [-0.39, 0.29) is 25.4 Å². The van der Waals surface area contributed by atoms with Crippen molar-refractivity contribution in [3.05, 3.63) is 59.2 Å².